The first-order chi connectivity index (χ1) is 5.79. The second-order valence-electron chi connectivity index (χ2n) is 1.94. The number of nitrogens with one attached hydrogen (secondary N) is 3. The summed E-state index contributed by atoms with van der Waals surface area (Å²) < 4.78 is 4.88. The number of nitrogens with zero attached hydrogens (tertiary/aromatic N) is 1. The Labute approximate surface area is 73.0 Å². The topological polar surface area (TPSA) is 90.0 Å². The van der Waals surface area contributed by atoms with Crippen molar-refractivity contribution in [1.82, 2.24) is 19.6 Å². The third-order valence-electron chi connectivity index (χ3n) is 1.04. The van der Waals surface area contributed by atoms with E-state index in [2.05, 4.69) is 19.6 Å². The molecule has 0 fully saturated rings. The molecule has 0 aliphatic carbocycles. The van der Waals surface area contributed by atoms with Crippen LogP contribution in [0.3, 0.4) is 0 Å². The third kappa shape index (κ3) is 3.26. The van der Waals surface area contributed by atoms with Crippen molar-refractivity contribution in [2.75, 3.05) is 0 Å². The Hall–Kier alpha value is -1.21. The number of aromatic amines is 1. The highest BCUT2D eigenvalue weighted by molar-refractivity contribution is 7.95. The molecule has 7 heteroatoms. The van der Waals surface area contributed by atoms with Gasteiger partial charge in [0.05, 0.1) is 6.20 Å². The van der Waals surface area contributed by atoms with E-state index in [4.69, 9.17) is 5.11 Å². The van der Waals surface area contributed by atoms with E-state index in [1.165, 1.54) is 0 Å². The van der Waals surface area contributed by atoms with Crippen molar-refractivity contribution in [3.63, 3.8) is 0 Å². The van der Waals surface area contributed by atoms with Crippen LogP contribution in [0.1, 0.15) is 5.56 Å². The summed E-state index contributed by atoms with van der Waals surface area (Å²) >= 11 is 0.918. The standard InChI is InChI=1S/C5H8N4O2S/c10-5(11)9-12-8-3-4-1-6-7-2-4/h1-2,8-9H,3H2,(H,6,7)(H,10,11). The fourth-order valence-corrected chi connectivity index (χ4v) is 0.972. The molecule has 66 valence electrons. The van der Waals surface area contributed by atoms with Crippen LogP contribution in [0.2, 0.25) is 0 Å². The number of carbonyl (C=O) groups is 1. The molecule has 0 aliphatic rings. The first kappa shape index (κ1) is 8.88. The van der Waals surface area contributed by atoms with Gasteiger partial charge in [-0.3, -0.25) is 9.82 Å². The van der Waals surface area contributed by atoms with E-state index in [-0.39, 0.29) is 0 Å². The smallest absolute Gasteiger partial charge is 0.415 e. The number of hydrogen-bond donors (Lipinski definition) is 4. The summed E-state index contributed by atoms with van der Waals surface area (Å²) in [5.41, 5.74) is 0.967. The van der Waals surface area contributed by atoms with Crippen molar-refractivity contribution in [1.29, 1.82) is 0 Å². The first-order valence-corrected chi connectivity index (χ1v) is 3.96. The van der Waals surface area contributed by atoms with Crippen LogP contribution in [0.25, 0.3) is 0 Å². The molecule has 0 spiro atoms. The van der Waals surface area contributed by atoms with Gasteiger partial charge in [0.2, 0.25) is 0 Å². The van der Waals surface area contributed by atoms with Gasteiger partial charge >= 0.3 is 6.09 Å². The number of rotatable bonds is 4. The zero-order valence-electron chi connectivity index (χ0n) is 6.07. The summed E-state index contributed by atoms with van der Waals surface area (Å²) in [6, 6.07) is 0. The van der Waals surface area contributed by atoms with Gasteiger partial charge in [-0.05, 0) is 0 Å². The minimum absolute atomic E-state index is 0.557. The van der Waals surface area contributed by atoms with E-state index >= 15 is 0 Å². The monoisotopic (exact) mass is 188 g/mol. The van der Waals surface area contributed by atoms with Gasteiger partial charge in [0, 0.05) is 30.4 Å². The molecule has 0 aliphatic heterocycles. The zero-order valence-corrected chi connectivity index (χ0v) is 6.89. The molecular weight excluding hydrogens is 180 g/mol. The van der Waals surface area contributed by atoms with E-state index in [9.17, 15) is 4.79 Å². The molecule has 0 atom stereocenters. The van der Waals surface area contributed by atoms with Gasteiger partial charge in [0.15, 0.2) is 0 Å². The summed E-state index contributed by atoms with van der Waals surface area (Å²) in [4.78, 5) is 9.97. The van der Waals surface area contributed by atoms with Crippen molar-refractivity contribution >= 4 is 18.2 Å². The molecule has 1 amide bonds. The van der Waals surface area contributed by atoms with Crippen LogP contribution in [0.4, 0.5) is 4.79 Å². The van der Waals surface area contributed by atoms with Crippen LogP contribution in [-0.4, -0.2) is 21.4 Å². The Balaban J connectivity index is 2.07. The minimum Gasteiger partial charge on any atom is -0.464 e. The minimum atomic E-state index is -1.07. The molecule has 0 unspecified atom stereocenters. The largest absolute Gasteiger partial charge is 0.464 e. The fourth-order valence-electron chi connectivity index (χ4n) is 0.573. The first-order valence-electron chi connectivity index (χ1n) is 3.14. The molecule has 0 bridgehead atoms. The predicted molar refractivity (Wildman–Crippen MR) is 44.2 cm³/mol. The Morgan fingerprint density at radius 3 is 3.25 bits per heavy atom. The van der Waals surface area contributed by atoms with E-state index in [0.717, 1.165) is 17.7 Å². The summed E-state index contributed by atoms with van der Waals surface area (Å²) in [5, 5.41) is 14.5. The predicted octanol–water partition coefficient (Wildman–Crippen LogP) is 0.330. The lowest BCUT2D eigenvalue weighted by Gasteiger charge is -1.99. The molecule has 1 aromatic rings. The quantitative estimate of drug-likeness (QED) is 0.404. The van der Waals surface area contributed by atoms with Crippen LogP contribution in [0.15, 0.2) is 12.4 Å². The zero-order chi connectivity index (χ0) is 8.81. The molecule has 12 heavy (non-hydrogen) atoms. The number of H-pyrrole nitrogens is 1. The highest BCUT2D eigenvalue weighted by Crippen LogP contribution is 1.95. The molecule has 0 aromatic carbocycles. The molecule has 0 saturated carbocycles. The third-order valence-corrected chi connectivity index (χ3v) is 1.61. The van der Waals surface area contributed by atoms with E-state index in [1.807, 2.05) is 0 Å². The van der Waals surface area contributed by atoms with Crippen LogP contribution in [-0.2, 0) is 6.54 Å². The maximum atomic E-state index is 9.97. The number of hydrogen-bond acceptors (Lipinski definition) is 4. The average molecular weight is 188 g/mol. The lowest BCUT2D eigenvalue weighted by atomic mass is 10.4. The normalized spacial score (nSPS) is 9.67. The Morgan fingerprint density at radius 2 is 2.67 bits per heavy atom. The van der Waals surface area contributed by atoms with E-state index < -0.39 is 6.09 Å². The highest BCUT2D eigenvalue weighted by Gasteiger charge is 1.95. The molecular formula is C5H8N4O2S. The maximum Gasteiger partial charge on any atom is 0.415 e. The van der Waals surface area contributed by atoms with Crippen molar-refractivity contribution in [3.05, 3.63) is 18.0 Å². The van der Waals surface area contributed by atoms with Crippen LogP contribution in [0, 0.1) is 0 Å². The second-order valence-corrected chi connectivity index (χ2v) is 2.63. The van der Waals surface area contributed by atoms with Gasteiger partial charge in [-0.25, -0.2) is 9.52 Å². The molecule has 0 radical (unpaired) electrons. The molecule has 4 N–H and O–H groups in total. The van der Waals surface area contributed by atoms with Crippen molar-refractivity contribution < 1.29 is 9.90 Å². The van der Waals surface area contributed by atoms with Crippen molar-refractivity contribution in [3.8, 4) is 0 Å². The van der Waals surface area contributed by atoms with Gasteiger partial charge in [-0.2, -0.15) is 5.10 Å². The van der Waals surface area contributed by atoms with Gasteiger partial charge in [-0.15, -0.1) is 0 Å². The fraction of sp³-hybridized carbons (Fsp3) is 0.200. The summed E-state index contributed by atoms with van der Waals surface area (Å²) in [6.45, 7) is 0.557. The second kappa shape index (κ2) is 4.62. The van der Waals surface area contributed by atoms with Gasteiger partial charge in [0.1, 0.15) is 0 Å². The van der Waals surface area contributed by atoms with E-state index in [1.54, 1.807) is 12.4 Å². The lowest BCUT2D eigenvalue weighted by Crippen LogP contribution is -2.18. The summed E-state index contributed by atoms with van der Waals surface area (Å²) in [6.07, 6.45) is 2.32. The van der Waals surface area contributed by atoms with Crippen LogP contribution in [0.5, 0.6) is 0 Å². The average Bonchev–Trinajstić information content (AvgIpc) is 2.49. The van der Waals surface area contributed by atoms with Gasteiger partial charge < -0.3 is 5.11 Å². The number of aromatic nitrogens is 2. The SMILES string of the molecule is O=C(O)NSNCc1cn[nH]c1. The molecule has 0 saturated heterocycles. The Bertz CT molecular complexity index is 238. The van der Waals surface area contributed by atoms with Gasteiger partial charge in [0.25, 0.3) is 0 Å². The van der Waals surface area contributed by atoms with E-state index in [0.29, 0.717) is 6.54 Å². The Morgan fingerprint density at radius 1 is 1.83 bits per heavy atom. The number of amides is 1. The van der Waals surface area contributed by atoms with Crippen LogP contribution >= 0.6 is 12.1 Å². The summed E-state index contributed by atoms with van der Waals surface area (Å²) in [5.74, 6) is 0. The van der Waals surface area contributed by atoms with Crippen molar-refractivity contribution in [2.24, 2.45) is 0 Å². The van der Waals surface area contributed by atoms with Crippen LogP contribution < -0.4 is 9.44 Å². The maximum absolute atomic E-state index is 9.97. The van der Waals surface area contributed by atoms with Crippen molar-refractivity contribution in [2.45, 2.75) is 6.54 Å². The molecule has 1 rings (SSSR count). The lowest BCUT2D eigenvalue weighted by molar-refractivity contribution is 0.202. The summed E-state index contributed by atoms with van der Waals surface area (Å²) in [7, 11) is 0. The highest BCUT2D eigenvalue weighted by atomic mass is 32.2. The van der Waals surface area contributed by atoms with Gasteiger partial charge in [-0.1, -0.05) is 0 Å². The molecule has 1 aromatic heterocycles. The number of carboxylic acid groups (broad SMARTS) is 1. The molecule has 6 nitrogen and oxygen atoms in total. The molecule has 1 heterocycles. The Kier molecular flexibility index (Phi) is 3.42.